The molecule has 0 unspecified atom stereocenters. The summed E-state index contributed by atoms with van der Waals surface area (Å²) in [6, 6.07) is 7.51. The van der Waals surface area contributed by atoms with Crippen LogP contribution in [0.3, 0.4) is 0 Å². The highest BCUT2D eigenvalue weighted by Gasteiger charge is 2.04. The second-order valence-corrected chi connectivity index (χ2v) is 6.93. The minimum absolute atomic E-state index is 0.197. The molecule has 2 amide bonds. The molecular weight excluding hydrogens is 322 g/mol. The van der Waals surface area contributed by atoms with Crippen LogP contribution in [0, 0.1) is 12.8 Å². The number of urea groups is 1. The van der Waals surface area contributed by atoms with Crippen molar-refractivity contribution in [2.45, 2.75) is 27.2 Å². The molecule has 0 spiro atoms. The molecule has 1 heterocycles. The van der Waals surface area contributed by atoms with Crippen LogP contribution in [-0.4, -0.2) is 30.8 Å². The molecule has 0 bridgehead atoms. The van der Waals surface area contributed by atoms with E-state index in [1.165, 1.54) is 0 Å². The van der Waals surface area contributed by atoms with Crippen LogP contribution in [0.5, 0.6) is 0 Å². The molecule has 0 saturated carbocycles. The standard InChI is InChI=1S/C18H25N3O2S/c1-13(2)11-23-10-4-9-19-18(22)21-16-7-5-15(6-8-16)17-20-14(3)12-24-17/h5-8,12-13H,4,9-11H2,1-3H3,(H2,19,21,22). The summed E-state index contributed by atoms with van der Waals surface area (Å²) in [6.07, 6.45) is 0.808. The Morgan fingerprint density at radius 2 is 2.04 bits per heavy atom. The minimum Gasteiger partial charge on any atom is -0.381 e. The number of hydrogen-bond acceptors (Lipinski definition) is 4. The monoisotopic (exact) mass is 347 g/mol. The number of hydrogen-bond donors (Lipinski definition) is 2. The topological polar surface area (TPSA) is 63.2 Å². The summed E-state index contributed by atoms with van der Waals surface area (Å²) in [4.78, 5) is 16.3. The fourth-order valence-corrected chi connectivity index (χ4v) is 2.86. The van der Waals surface area contributed by atoms with Gasteiger partial charge in [0.1, 0.15) is 5.01 Å². The van der Waals surface area contributed by atoms with Crippen molar-refractivity contribution in [3.8, 4) is 10.6 Å². The van der Waals surface area contributed by atoms with E-state index in [4.69, 9.17) is 4.74 Å². The Balaban J connectivity index is 1.70. The number of aryl methyl sites for hydroxylation is 1. The molecule has 130 valence electrons. The van der Waals surface area contributed by atoms with E-state index in [2.05, 4.69) is 29.5 Å². The summed E-state index contributed by atoms with van der Waals surface area (Å²) in [5.74, 6) is 0.539. The highest BCUT2D eigenvalue weighted by molar-refractivity contribution is 7.13. The average Bonchev–Trinajstić information content (AvgIpc) is 2.97. The Hall–Kier alpha value is -1.92. The first-order valence-corrected chi connectivity index (χ1v) is 9.07. The van der Waals surface area contributed by atoms with Gasteiger partial charge in [-0.05, 0) is 43.5 Å². The molecule has 0 radical (unpaired) electrons. The Kier molecular flexibility index (Phi) is 7.21. The maximum Gasteiger partial charge on any atom is 0.319 e. The summed E-state index contributed by atoms with van der Waals surface area (Å²) in [5, 5.41) is 8.67. The highest BCUT2D eigenvalue weighted by Crippen LogP contribution is 2.24. The number of nitrogens with one attached hydrogen (secondary N) is 2. The minimum atomic E-state index is -0.197. The van der Waals surface area contributed by atoms with Crippen molar-refractivity contribution >= 4 is 23.1 Å². The third-order valence-electron chi connectivity index (χ3n) is 3.21. The smallest absolute Gasteiger partial charge is 0.319 e. The molecule has 0 fully saturated rings. The molecule has 24 heavy (non-hydrogen) atoms. The van der Waals surface area contributed by atoms with Gasteiger partial charge in [0, 0.05) is 42.1 Å². The van der Waals surface area contributed by atoms with Crippen LogP contribution in [0.25, 0.3) is 10.6 Å². The molecule has 2 rings (SSSR count). The molecule has 2 aromatic rings. The number of ether oxygens (including phenoxy) is 1. The van der Waals surface area contributed by atoms with Crippen molar-refractivity contribution < 1.29 is 9.53 Å². The van der Waals surface area contributed by atoms with Gasteiger partial charge in [-0.2, -0.15) is 0 Å². The lowest BCUT2D eigenvalue weighted by Crippen LogP contribution is -2.30. The maximum absolute atomic E-state index is 11.8. The number of anilines is 1. The zero-order valence-corrected chi connectivity index (χ0v) is 15.3. The van der Waals surface area contributed by atoms with Gasteiger partial charge in [-0.1, -0.05) is 13.8 Å². The average molecular weight is 347 g/mol. The predicted octanol–water partition coefficient (Wildman–Crippen LogP) is 4.30. The van der Waals surface area contributed by atoms with E-state index < -0.39 is 0 Å². The fraction of sp³-hybridized carbons (Fsp3) is 0.444. The van der Waals surface area contributed by atoms with Crippen LogP contribution < -0.4 is 10.6 Å². The molecule has 5 nitrogen and oxygen atoms in total. The molecule has 6 heteroatoms. The van der Waals surface area contributed by atoms with E-state index in [-0.39, 0.29) is 6.03 Å². The number of rotatable bonds is 8. The van der Waals surface area contributed by atoms with Crippen LogP contribution in [-0.2, 0) is 4.74 Å². The van der Waals surface area contributed by atoms with Gasteiger partial charge in [-0.15, -0.1) is 11.3 Å². The third-order valence-corrected chi connectivity index (χ3v) is 4.22. The first-order chi connectivity index (χ1) is 11.5. The maximum atomic E-state index is 11.8. The predicted molar refractivity (Wildman–Crippen MR) is 99.6 cm³/mol. The van der Waals surface area contributed by atoms with Crippen LogP contribution in [0.2, 0.25) is 0 Å². The van der Waals surface area contributed by atoms with E-state index in [1.807, 2.05) is 36.6 Å². The van der Waals surface area contributed by atoms with Gasteiger partial charge in [0.15, 0.2) is 0 Å². The van der Waals surface area contributed by atoms with Crippen molar-refractivity contribution in [1.29, 1.82) is 0 Å². The van der Waals surface area contributed by atoms with Crippen LogP contribution in [0.15, 0.2) is 29.6 Å². The van der Waals surface area contributed by atoms with Crippen molar-refractivity contribution in [3.05, 3.63) is 35.3 Å². The van der Waals surface area contributed by atoms with Gasteiger partial charge in [-0.25, -0.2) is 9.78 Å². The van der Waals surface area contributed by atoms with Crippen molar-refractivity contribution in [2.75, 3.05) is 25.1 Å². The zero-order valence-electron chi connectivity index (χ0n) is 14.5. The molecule has 0 saturated heterocycles. The van der Waals surface area contributed by atoms with Crippen molar-refractivity contribution in [1.82, 2.24) is 10.3 Å². The van der Waals surface area contributed by atoms with E-state index in [0.717, 1.165) is 35.0 Å². The van der Waals surface area contributed by atoms with Gasteiger partial charge in [0.05, 0.1) is 0 Å². The first-order valence-electron chi connectivity index (χ1n) is 8.20. The highest BCUT2D eigenvalue weighted by atomic mass is 32.1. The van der Waals surface area contributed by atoms with Crippen LogP contribution >= 0.6 is 11.3 Å². The number of thiazole rings is 1. The summed E-state index contributed by atoms with van der Waals surface area (Å²) >= 11 is 1.62. The molecule has 0 aliphatic rings. The van der Waals surface area contributed by atoms with Gasteiger partial charge < -0.3 is 15.4 Å². The molecule has 0 aliphatic carbocycles. The summed E-state index contributed by atoms with van der Waals surface area (Å²) in [5.41, 5.74) is 2.84. The number of aromatic nitrogens is 1. The normalized spacial score (nSPS) is 10.8. The second-order valence-electron chi connectivity index (χ2n) is 6.07. The van der Waals surface area contributed by atoms with E-state index in [9.17, 15) is 4.79 Å². The molecule has 0 aliphatic heterocycles. The SMILES string of the molecule is Cc1csc(-c2ccc(NC(=O)NCCCOCC(C)C)cc2)n1. The van der Waals surface area contributed by atoms with Gasteiger partial charge in [0.2, 0.25) is 0 Å². The van der Waals surface area contributed by atoms with Gasteiger partial charge >= 0.3 is 6.03 Å². The summed E-state index contributed by atoms with van der Waals surface area (Å²) in [6.45, 7) is 8.24. The van der Waals surface area contributed by atoms with Gasteiger partial charge in [-0.3, -0.25) is 0 Å². The second kappa shape index (κ2) is 9.39. The molecule has 1 aromatic heterocycles. The summed E-state index contributed by atoms with van der Waals surface area (Å²) < 4.78 is 5.48. The molecule has 1 aromatic carbocycles. The number of carbonyl (C=O) groups excluding carboxylic acids is 1. The fourth-order valence-electron chi connectivity index (χ4n) is 2.05. The quantitative estimate of drug-likeness (QED) is 0.700. The molecule has 2 N–H and O–H groups in total. The van der Waals surface area contributed by atoms with E-state index in [1.54, 1.807) is 11.3 Å². The lowest BCUT2D eigenvalue weighted by Gasteiger charge is -2.09. The summed E-state index contributed by atoms with van der Waals surface area (Å²) in [7, 11) is 0. The first kappa shape index (κ1) is 18.4. The Bertz CT molecular complexity index is 638. The number of carbonyl (C=O) groups is 1. The number of amides is 2. The van der Waals surface area contributed by atoms with Crippen LogP contribution in [0.4, 0.5) is 10.5 Å². The van der Waals surface area contributed by atoms with Crippen LogP contribution in [0.1, 0.15) is 26.0 Å². The van der Waals surface area contributed by atoms with E-state index >= 15 is 0 Å². The number of benzene rings is 1. The third kappa shape index (κ3) is 6.29. The van der Waals surface area contributed by atoms with Gasteiger partial charge in [0.25, 0.3) is 0 Å². The molecular formula is C18H25N3O2S. The van der Waals surface area contributed by atoms with Crippen molar-refractivity contribution in [2.24, 2.45) is 5.92 Å². The van der Waals surface area contributed by atoms with E-state index in [0.29, 0.717) is 19.1 Å². The lowest BCUT2D eigenvalue weighted by molar-refractivity contribution is 0.108. The molecule has 0 atom stereocenters. The Labute approximate surface area is 147 Å². The zero-order chi connectivity index (χ0) is 17.4. The van der Waals surface area contributed by atoms with Crippen molar-refractivity contribution in [3.63, 3.8) is 0 Å². The Morgan fingerprint density at radius 3 is 2.67 bits per heavy atom. The lowest BCUT2D eigenvalue weighted by atomic mass is 10.2. The Morgan fingerprint density at radius 1 is 1.29 bits per heavy atom. The largest absolute Gasteiger partial charge is 0.381 e. The number of nitrogens with zero attached hydrogens (tertiary/aromatic N) is 1.